The Hall–Kier alpha value is -0.870. The number of carbonyl (C=O) groups excluding carboxylic acids is 1. The average Bonchev–Trinajstić information content (AvgIpc) is 2.18. The van der Waals surface area contributed by atoms with E-state index in [0.29, 0.717) is 11.6 Å². The lowest BCUT2D eigenvalue weighted by Crippen LogP contribution is -2.47. The third-order valence-electron chi connectivity index (χ3n) is 2.99. The van der Waals surface area contributed by atoms with Crippen molar-refractivity contribution in [2.24, 2.45) is 5.73 Å². The highest BCUT2D eigenvalue weighted by atomic mass is 16.1. The summed E-state index contributed by atoms with van der Waals surface area (Å²) in [6.45, 7) is 8.18. The predicted molar refractivity (Wildman–Crippen MR) is 61.5 cm³/mol. The SMILES string of the molecule is C/C(=C\C(C)N1CCN(C)CC1)C(N)=O. The third-order valence-corrected chi connectivity index (χ3v) is 2.99. The van der Waals surface area contributed by atoms with Gasteiger partial charge in [0, 0.05) is 37.8 Å². The van der Waals surface area contributed by atoms with Crippen LogP contribution in [0.4, 0.5) is 0 Å². The Morgan fingerprint density at radius 1 is 1.33 bits per heavy atom. The number of rotatable bonds is 3. The number of carbonyl (C=O) groups is 1. The van der Waals surface area contributed by atoms with Gasteiger partial charge in [-0.15, -0.1) is 0 Å². The Morgan fingerprint density at radius 3 is 2.33 bits per heavy atom. The molecule has 1 rings (SSSR count). The zero-order valence-electron chi connectivity index (χ0n) is 9.86. The highest BCUT2D eigenvalue weighted by Gasteiger charge is 2.17. The number of nitrogens with zero attached hydrogens (tertiary/aromatic N) is 2. The van der Waals surface area contributed by atoms with Gasteiger partial charge in [0.15, 0.2) is 0 Å². The second-order valence-electron chi connectivity index (χ2n) is 4.29. The topological polar surface area (TPSA) is 49.6 Å². The standard InChI is InChI=1S/C11H21N3O/c1-9(11(12)15)8-10(2)14-6-4-13(3)5-7-14/h8,10H,4-7H2,1-3H3,(H2,12,15)/b9-8+. The van der Waals surface area contributed by atoms with Crippen LogP contribution in [-0.4, -0.2) is 55.0 Å². The van der Waals surface area contributed by atoms with E-state index < -0.39 is 0 Å². The lowest BCUT2D eigenvalue weighted by Gasteiger charge is -2.35. The van der Waals surface area contributed by atoms with Gasteiger partial charge in [-0.05, 0) is 20.9 Å². The van der Waals surface area contributed by atoms with Crippen molar-refractivity contribution in [2.45, 2.75) is 19.9 Å². The van der Waals surface area contributed by atoms with Gasteiger partial charge in [0.2, 0.25) is 5.91 Å². The first kappa shape index (κ1) is 12.2. The third kappa shape index (κ3) is 3.64. The Morgan fingerprint density at radius 2 is 1.87 bits per heavy atom. The van der Waals surface area contributed by atoms with Crippen LogP contribution in [0.25, 0.3) is 0 Å². The van der Waals surface area contributed by atoms with Gasteiger partial charge < -0.3 is 10.6 Å². The summed E-state index contributed by atoms with van der Waals surface area (Å²) in [6.07, 6.45) is 1.95. The summed E-state index contributed by atoms with van der Waals surface area (Å²) >= 11 is 0. The molecule has 1 atom stereocenters. The van der Waals surface area contributed by atoms with E-state index in [1.54, 1.807) is 6.92 Å². The van der Waals surface area contributed by atoms with Crippen molar-refractivity contribution >= 4 is 5.91 Å². The van der Waals surface area contributed by atoms with Crippen molar-refractivity contribution in [3.63, 3.8) is 0 Å². The normalized spacial score (nSPS) is 22.7. The fraction of sp³-hybridized carbons (Fsp3) is 0.727. The quantitative estimate of drug-likeness (QED) is 0.671. The van der Waals surface area contributed by atoms with E-state index >= 15 is 0 Å². The van der Waals surface area contributed by atoms with Gasteiger partial charge in [-0.3, -0.25) is 9.69 Å². The van der Waals surface area contributed by atoms with E-state index in [9.17, 15) is 4.79 Å². The number of piperazine rings is 1. The van der Waals surface area contributed by atoms with E-state index in [-0.39, 0.29) is 5.91 Å². The summed E-state index contributed by atoms with van der Waals surface area (Å²) in [6, 6.07) is 0.297. The Balaban J connectivity index is 2.50. The molecule has 1 saturated heterocycles. The molecule has 1 aliphatic rings. The number of hydrogen-bond acceptors (Lipinski definition) is 3. The molecule has 0 aliphatic carbocycles. The summed E-state index contributed by atoms with van der Waals surface area (Å²) in [5.41, 5.74) is 5.86. The van der Waals surface area contributed by atoms with Crippen LogP contribution >= 0.6 is 0 Å². The molecule has 1 unspecified atom stereocenters. The lowest BCUT2D eigenvalue weighted by molar-refractivity contribution is -0.114. The molecule has 0 saturated carbocycles. The summed E-state index contributed by atoms with van der Waals surface area (Å²) < 4.78 is 0. The van der Waals surface area contributed by atoms with Crippen LogP contribution in [0.1, 0.15) is 13.8 Å². The first-order valence-electron chi connectivity index (χ1n) is 5.41. The molecule has 1 amide bonds. The van der Waals surface area contributed by atoms with E-state index in [1.807, 2.05) is 6.08 Å². The van der Waals surface area contributed by atoms with Gasteiger partial charge in [-0.25, -0.2) is 0 Å². The minimum atomic E-state index is -0.323. The Labute approximate surface area is 91.7 Å². The highest BCUT2D eigenvalue weighted by molar-refractivity contribution is 5.91. The monoisotopic (exact) mass is 211 g/mol. The number of amides is 1. The van der Waals surface area contributed by atoms with Gasteiger partial charge in [0.1, 0.15) is 0 Å². The largest absolute Gasteiger partial charge is 0.366 e. The molecule has 86 valence electrons. The van der Waals surface area contributed by atoms with Crippen LogP contribution in [0.3, 0.4) is 0 Å². The van der Waals surface area contributed by atoms with Crippen molar-refractivity contribution in [1.82, 2.24) is 9.80 Å². The first-order chi connectivity index (χ1) is 7.00. The number of hydrogen-bond donors (Lipinski definition) is 1. The van der Waals surface area contributed by atoms with E-state index in [4.69, 9.17) is 5.73 Å². The molecule has 1 aliphatic heterocycles. The van der Waals surface area contributed by atoms with E-state index in [0.717, 1.165) is 26.2 Å². The molecule has 0 spiro atoms. The van der Waals surface area contributed by atoms with Crippen LogP contribution in [0.15, 0.2) is 11.6 Å². The zero-order chi connectivity index (χ0) is 11.4. The fourth-order valence-electron chi connectivity index (χ4n) is 1.78. The molecular formula is C11H21N3O. The molecular weight excluding hydrogens is 190 g/mol. The molecule has 0 radical (unpaired) electrons. The molecule has 0 aromatic heterocycles. The van der Waals surface area contributed by atoms with Crippen LogP contribution in [0.5, 0.6) is 0 Å². The zero-order valence-corrected chi connectivity index (χ0v) is 9.86. The van der Waals surface area contributed by atoms with Gasteiger partial charge in [0.25, 0.3) is 0 Å². The second-order valence-corrected chi connectivity index (χ2v) is 4.29. The predicted octanol–water partition coefficient (Wildman–Crippen LogP) is 0.0539. The van der Waals surface area contributed by atoms with Crippen LogP contribution in [0, 0.1) is 0 Å². The van der Waals surface area contributed by atoms with Gasteiger partial charge >= 0.3 is 0 Å². The average molecular weight is 211 g/mol. The molecule has 15 heavy (non-hydrogen) atoms. The molecule has 4 nitrogen and oxygen atoms in total. The van der Waals surface area contributed by atoms with Crippen molar-refractivity contribution in [1.29, 1.82) is 0 Å². The molecule has 1 heterocycles. The van der Waals surface area contributed by atoms with Crippen molar-refractivity contribution < 1.29 is 4.79 Å². The van der Waals surface area contributed by atoms with Crippen molar-refractivity contribution in [2.75, 3.05) is 33.2 Å². The molecule has 4 heteroatoms. The highest BCUT2D eigenvalue weighted by Crippen LogP contribution is 2.07. The minimum Gasteiger partial charge on any atom is -0.366 e. The van der Waals surface area contributed by atoms with E-state index in [2.05, 4.69) is 23.8 Å². The minimum absolute atomic E-state index is 0.297. The van der Waals surface area contributed by atoms with Crippen molar-refractivity contribution in [3.8, 4) is 0 Å². The summed E-state index contributed by atoms with van der Waals surface area (Å²) in [5, 5.41) is 0. The smallest absolute Gasteiger partial charge is 0.244 e. The molecule has 1 fully saturated rings. The van der Waals surface area contributed by atoms with Crippen molar-refractivity contribution in [3.05, 3.63) is 11.6 Å². The number of likely N-dealkylation sites (N-methyl/N-ethyl adjacent to an activating group) is 1. The Kier molecular flexibility index (Phi) is 4.29. The lowest BCUT2D eigenvalue weighted by atomic mass is 10.1. The maximum Gasteiger partial charge on any atom is 0.244 e. The molecule has 0 bridgehead atoms. The summed E-state index contributed by atoms with van der Waals surface area (Å²) in [4.78, 5) is 15.6. The second kappa shape index (κ2) is 5.28. The van der Waals surface area contributed by atoms with Gasteiger partial charge in [0.05, 0.1) is 0 Å². The molecule has 0 aromatic rings. The number of nitrogens with two attached hydrogens (primary N) is 1. The maximum absolute atomic E-state index is 10.9. The Bertz CT molecular complexity index is 255. The van der Waals surface area contributed by atoms with E-state index in [1.165, 1.54) is 0 Å². The maximum atomic E-state index is 10.9. The first-order valence-corrected chi connectivity index (χ1v) is 5.41. The van der Waals surface area contributed by atoms with Crippen LogP contribution in [-0.2, 0) is 4.79 Å². The molecule has 0 aromatic carbocycles. The number of primary amides is 1. The fourth-order valence-corrected chi connectivity index (χ4v) is 1.78. The molecule has 2 N–H and O–H groups in total. The van der Waals surface area contributed by atoms with Gasteiger partial charge in [-0.1, -0.05) is 6.08 Å². The van der Waals surface area contributed by atoms with Crippen LogP contribution < -0.4 is 5.73 Å². The van der Waals surface area contributed by atoms with Crippen LogP contribution in [0.2, 0.25) is 0 Å². The summed E-state index contributed by atoms with van der Waals surface area (Å²) in [5.74, 6) is -0.323. The van der Waals surface area contributed by atoms with Gasteiger partial charge in [-0.2, -0.15) is 0 Å². The summed E-state index contributed by atoms with van der Waals surface area (Å²) in [7, 11) is 2.13.